The van der Waals surface area contributed by atoms with Crippen molar-refractivity contribution in [2.75, 3.05) is 24.5 Å². The molecule has 1 aromatic rings. The Morgan fingerprint density at radius 1 is 1.45 bits per heavy atom. The maximum Gasteiger partial charge on any atom is 0.245 e. The van der Waals surface area contributed by atoms with E-state index in [0.29, 0.717) is 11.6 Å². The highest BCUT2D eigenvalue weighted by molar-refractivity contribution is 6.30. The van der Waals surface area contributed by atoms with Gasteiger partial charge in [-0.3, -0.25) is 4.79 Å². The number of nitrogens with zero attached hydrogens (tertiary/aromatic N) is 1. The van der Waals surface area contributed by atoms with Crippen molar-refractivity contribution in [3.05, 3.63) is 28.8 Å². The second kappa shape index (κ2) is 6.02. The third kappa shape index (κ3) is 2.91. The van der Waals surface area contributed by atoms with Gasteiger partial charge in [0.1, 0.15) is 5.54 Å². The second-order valence-corrected chi connectivity index (χ2v) is 5.96. The first-order valence-electron chi connectivity index (χ1n) is 7.02. The third-order valence-electron chi connectivity index (χ3n) is 3.76. The fraction of sp³-hybridized carbons (Fsp3) is 0.533. The molecular formula is C15H22ClN3O. The normalized spacial score (nSPS) is 18.0. The van der Waals surface area contributed by atoms with Crippen molar-refractivity contribution in [1.29, 1.82) is 0 Å². The zero-order valence-electron chi connectivity index (χ0n) is 12.3. The van der Waals surface area contributed by atoms with Crippen LogP contribution < -0.4 is 15.5 Å². The van der Waals surface area contributed by atoms with Gasteiger partial charge in [-0.1, -0.05) is 24.6 Å². The van der Waals surface area contributed by atoms with Crippen molar-refractivity contribution < 1.29 is 4.79 Å². The van der Waals surface area contributed by atoms with E-state index < -0.39 is 5.54 Å². The molecule has 4 nitrogen and oxygen atoms in total. The molecule has 0 aliphatic carbocycles. The van der Waals surface area contributed by atoms with Gasteiger partial charge < -0.3 is 15.5 Å². The Labute approximate surface area is 125 Å². The third-order valence-corrected chi connectivity index (χ3v) is 3.99. The minimum Gasteiger partial charge on any atom is -0.355 e. The Morgan fingerprint density at radius 3 is 2.90 bits per heavy atom. The molecule has 2 N–H and O–H groups in total. The van der Waals surface area contributed by atoms with Crippen LogP contribution in [0.2, 0.25) is 5.02 Å². The molecule has 0 unspecified atom stereocenters. The number of carbonyl (C=O) groups is 1. The first-order chi connectivity index (χ1) is 9.46. The average molecular weight is 296 g/mol. The van der Waals surface area contributed by atoms with Gasteiger partial charge in [-0.05, 0) is 38.1 Å². The Kier molecular flexibility index (Phi) is 4.55. The van der Waals surface area contributed by atoms with Crippen LogP contribution in [0.5, 0.6) is 0 Å². The maximum absolute atomic E-state index is 12.1. The molecule has 0 aromatic heterocycles. The molecule has 0 spiro atoms. The summed E-state index contributed by atoms with van der Waals surface area (Å²) in [5.74, 6) is 0.0538. The molecule has 1 amide bonds. The molecule has 20 heavy (non-hydrogen) atoms. The molecule has 1 heterocycles. The van der Waals surface area contributed by atoms with Gasteiger partial charge in [0.15, 0.2) is 0 Å². The monoisotopic (exact) mass is 295 g/mol. The second-order valence-electron chi connectivity index (χ2n) is 5.52. The molecule has 2 rings (SSSR count). The number of hydrogen-bond donors (Lipinski definition) is 2. The number of rotatable bonds is 4. The van der Waals surface area contributed by atoms with E-state index in [2.05, 4.69) is 22.5 Å². The van der Waals surface area contributed by atoms with E-state index in [1.165, 1.54) is 5.56 Å². The highest BCUT2D eigenvalue weighted by Gasteiger charge is 2.38. The highest BCUT2D eigenvalue weighted by Crippen LogP contribution is 2.31. The van der Waals surface area contributed by atoms with Crippen LogP contribution >= 0.6 is 11.6 Å². The van der Waals surface area contributed by atoms with Gasteiger partial charge in [-0.2, -0.15) is 0 Å². The number of nitrogens with one attached hydrogen (secondary N) is 2. The Hall–Kier alpha value is -1.26. The Morgan fingerprint density at radius 2 is 2.20 bits per heavy atom. The molecule has 110 valence electrons. The number of benzene rings is 1. The first-order valence-corrected chi connectivity index (χ1v) is 7.39. The number of halogens is 1. The van der Waals surface area contributed by atoms with Crippen molar-refractivity contribution in [3.8, 4) is 0 Å². The molecule has 1 aliphatic heterocycles. The molecule has 1 saturated heterocycles. The lowest BCUT2D eigenvalue weighted by Gasteiger charge is -2.43. The molecule has 0 bridgehead atoms. The van der Waals surface area contributed by atoms with E-state index in [0.717, 1.165) is 25.3 Å². The van der Waals surface area contributed by atoms with Crippen LogP contribution in [-0.2, 0) is 11.3 Å². The van der Waals surface area contributed by atoms with E-state index in [9.17, 15) is 4.79 Å². The van der Waals surface area contributed by atoms with Crippen molar-refractivity contribution in [1.82, 2.24) is 10.6 Å². The molecular weight excluding hydrogens is 274 g/mol. The lowest BCUT2D eigenvalue weighted by molar-refractivity contribution is -0.126. The van der Waals surface area contributed by atoms with Gasteiger partial charge in [0.05, 0.1) is 0 Å². The summed E-state index contributed by atoms with van der Waals surface area (Å²) in [6.45, 7) is 9.10. The van der Waals surface area contributed by atoms with E-state index in [4.69, 9.17) is 11.6 Å². The van der Waals surface area contributed by atoms with Crippen LogP contribution in [0.1, 0.15) is 26.3 Å². The molecule has 1 aromatic carbocycles. The summed E-state index contributed by atoms with van der Waals surface area (Å²) in [6.07, 6.45) is 0. The Bertz CT molecular complexity index is 502. The fourth-order valence-corrected chi connectivity index (χ4v) is 2.68. The highest BCUT2D eigenvalue weighted by atomic mass is 35.5. The predicted octanol–water partition coefficient (Wildman–Crippen LogP) is 2.16. The van der Waals surface area contributed by atoms with Crippen LogP contribution in [0.25, 0.3) is 0 Å². The predicted molar refractivity (Wildman–Crippen MR) is 83.3 cm³/mol. The van der Waals surface area contributed by atoms with Gasteiger partial charge in [-0.15, -0.1) is 0 Å². The van der Waals surface area contributed by atoms with Gasteiger partial charge in [-0.25, -0.2) is 0 Å². The molecule has 0 atom stereocenters. The van der Waals surface area contributed by atoms with Gasteiger partial charge in [0, 0.05) is 30.3 Å². The quantitative estimate of drug-likeness (QED) is 0.895. The molecule has 5 heteroatoms. The van der Waals surface area contributed by atoms with Crippen LogP contribution in [0.3, 0.4) is 0 Å². The summed E-state index contributed by atoms with van der Waals surface area (Å²) < 4.78 is 0. The minimum absolute atomic E-state index is 0.0538. The summed E-state index contributed by atoms with van der Waals surface area (Å²) in [4.78, 5) is 14.3. The SMILES string of the molecule is CCNCc1ccc(Cl)cc1N1CCNC(=O)C1(C)C. The van der Waals surface area contributed by atoms with E-state index in [-0.39, 0.29) is 5.91 Å². The van der Waals surface area contributed by atoms with E-state index >= 15 is 0 Å². The first kappa shape index (κ1) is 15.1. The number of amides is 1. The van der Waals surface area contributed by atoms with Crippen LogP contribution in [0.4, 0.5) is 5.69 Å². The molecule has 0 saturated carbocycles. The molecule has 0 radical (unpaired) electrons. The van der Waals surface area contributed by atoms with Crippen LogP contribution in [0, 0.1) is 0 Å². The molecule has 1 aliphatic rings. The summed E-state index contributed by atoms with van der Waals surface area (Å²) in [5.41, 5.74) is 1.64. The van der Waals surface area contributed by atoms with E-state index in [1.807, 2.05) is 32.0 Å². The van der Waals surface area contributed by atoms with Gasteiger partial charge in [0.25, 0.3) is 0 Å². The zero-order valence-corrected chi connectivity index (χ0v) is 13.0. The van der Waals surface area contributed by atoms with E-state index in [1.54, 1.807) is 0 Å². The van der Waals surface area contributed by atoms with Crippen LogP contribution in [-0.4, -0.2) is 31.1 Å². The summed E-state index contributed by atoms with van der Waals surface area (Å²) in [5, 5.41) is 6.95. The van der Waals surface area contributed by atoms with Crippen molar-refractivity contribution in [3.63, 3.8) is 0 Å². The smallest absolute Gasteiger partial charge is 0.245 e. The van der Waals surface area contributed by atoms with Crippen molar-refractivity contribution in [2.45, 2.75) is 32.9 Å². The Balaban J connectivity index is 2.39. The van der Waals surface area contributed by atoms with Crippen LogP contribution in [0.15, 0.2) is 18.2 Å². The molecule has 1 fully saturated rings. The maximum atomic E-state index is 12.1. The lowest BCUT2D eigenvalue weighted by Crippen LogP contribution is -2.62. The fourth-order valence-electron chi connectivity index (χ4n) is 2.52. The van der Waals surface area contributed by atoms with Crippen molar-refractivity contribution in [2.24, 2.45) is 0 Å². The van der Waals surface area contributed by atoms with Gasteiger partial charge in [0.2, 0.25) is 5.91 Å². The largest absolute Gasteiger partial charge is 0.355 e. The number of piperazine rings is 1. The summed E-state index contributed by atoms with van der Waals surface area (Å²) in [7, 11) is 0. The average Bonchev–Trinajstić information content (AvgIpc) is 2.40. The minimum atomic E-state index is -0.566. The zero-order chi connectivity index (χ0) is 14.8. The van der Waals surface area contributed by atoms with Crippen molar-refractivity contribution >= 4 is 23.2 Å². The van der Waals surface area contributed by atoms with Gasteiger partial charge >= 0.3 is 0 Å². The summed E-state index contributed by atoms with van der Waals surface area (Å²) in [6, 6.07) is 5.88. The number of anilines is 1. The summed E-state index contributed by atoms with van der Waals surface area (Å²) >= 11 is 6.15. The standard InChI is InChI=1S/C15H22ClN3O/c1-4-17-10-11-5-6-12(16)9-13(11)19-8-7-18-14(20)15(19,2)3/h5-6,9,17H,4,7-8,10H2,1-3H3,(H,18,20). The number of carbonyl (C=O) groups excluding carboxylic acids is 1. The number of hydrogen-bond acceptors (Lipinski definition) is 3. The topological polar surface area (TPSA) is 44.4 Å². The lowest BCUT2D eigenvalue weighted by atomic mass is 9.96.